The summed E-state index contributed by atoms with van der Waals surface area (Å²) in [5.41, 5.74) is 3.60. The van der Waals surface area contributed by atoms with Gasteiger partial charge in [-0.1, -0.05) is 78.2 Å². The fraction of sp³-hybridized carbons (Fsp3) is 0.269. The van der Waals surface area contributed by atoms with E-state index in [0.717, 1.165) is 39.9 Å². The number of esters is 1. The minimum atomic E-state index is -0.336. The van der Waals surface area contributed by atoms with E-state index in [1.165, 1.54) is 12.8 Å². The average molecular weight is 467 g/mol. The van der Waals surface area contributed by atoms with E-state index >= 15 is 0 Å². The molecule has 156 valence electrons. The van der Waals surface area contributed by atoms with Crippen molar-refractivity contribution < 1.29 is 14.3 Å². The molecule has 0 aliphatic rings. The van der Waals surface area contributed by atoms with Crippen LogP contribution >= 0.6 is 15.9 Å². The van der Waals surface area contributed by atoms with Crippen molar-refractivity contribution in [2.75, 3.05) is 6.61 Å². The Morgan fingerprint density at radius 1 is 0.900 bits per heavy atom. The molecule has 3 aromatic rings. The molecular formula is C26H27BrO3. The normalized spacial score (nSPS) is 11.7. The van der Waals surface area contributed by atoms with Crippen LogP contribution in [-0.4, -0.2) is 12.6 Å². The highest BCUT2D eigenvalue weighted by Crippen LogP contribution is 2.27. The van der Waals surface area contributed by atoms with E-state index in [9.17, 15) is 4.79 Å². The van der Waals surface area contributed by atoms with Gasteiger partial charge in [-0.25, -0.2) is 4.79 Å². The molecule has 0 aliphatic heterocycles. The Labute approximate surface area is 187 Å². The van der Waals surface area contributed by atoms with Gasteiger partial charge in [-0.3, -0.25) is 0 Å². The zero-order valence-electron chi connectivity index (χ0n) is 17.4. The average Bonchev–Trinajstić information content (AvgIpc) is 2.77. The monoisotopic (exact) mass is 466 g/mol. The maximum absolute atomic E-state index is 12.5. The topological polar surface area (TPSA) is 35.5 Å². The quantitative estimate of drug-likeness (QED) is 0.240. The first kappa shape index (κ1) is 22.1. The maximum atomic E-state index is 12.5. The molecule has 0 amide bonds. The summed E-state index contributed by atoms with van der Waals surface area (Å²) in [6.45, 7) is 4.81. The fourth-order valence-electron chi connectivity index (χ4n) is 3.18. The number of carbonyl (C=O) groups is 1. The third-order valence-electron chi connectivity index (χ3n) is 4.95. The van der Waals surface area contributed by atoms with E-state index < -0.39 is 0 Å². The summed E-state index contributed by atoms with van der Waals surface area (Å²) in [7, 11) is 0. The number of hydrogen-bond acceptors (Lipinski definition) is 3. The van der Waals surface area contributed by atoms with Crippen LogP contribution in [0, 0.1) is 0 Å². The molecule has 0 fully saturated rings. The predicted octanol–water partition coefficient (Wildman–Crippen LogP) is 7.60. The molecule has 3 aromatic carbocycles. The summed E-state index contributed by atoms with van der Waals surface area (Å²) in [6, 6.07) is 23.3. The van der Waals surface area contributed by atoms with Gasteiger partial charge in [0.15, 0.2) is 0 Å². The molecule has 30 heavy (non-hydrogen) atoms. The Hall–Kier alpha value is -2.59. The molecule has 0 radical (unpaired) electrons. The lowest BCUT2D eigenvalue weighted by Crippen LogP contribution is -2.09. The predicted molar refractivity (Wildman–Crippen MR) is 125 cm³/mol. The highest BCUT2D eigenvalue weighted by atomic mass is 79.9. The molecule has 4 heteroatoms. The summed E-state index contributed by atoms with van der Waals surface area (Å²) in [5, 5.41) is 0. The van der Waals surface area contributed by atoms with E-state index in [2.05, 4.69) is 22.9 Å². The lowest BCUT2D eigenvalue weighted by atomic mass is 10.0. The van der Waals surface area contributed by atoms with Crippen LogP contribution in [0.2, 0.25) is 0 Å². The van der Waals surface area contributed by atoms with Gasteiger partial charge in [0.05, 0.1) is 12.2 Å². The minimum absolute atomic E-state index is 0.333. The second-order valence-corrected chi connectivity index (χ2v) is 8.08. The number of unbranched alkanes of at least 4 members (excludes halogenated alkanes) is 2. The van der Waals surface area contributed by atoms with Gasteiger partial charge >= 0.3 is 5.97 Å². The van der Waals surface area contributed by atoms with Crippen molar-refractivity contribution in [1.29, 1.82) is 0 Å². The van der Waals surface area contributed by atoms with E-state index in [1.54, 1.807) is 12.1 Å². The first-order valence-corrected chi connectivity index (χ1v) is 11.2. The van der Waals surface area contributed by atoms with Gasteiger partial charge in [0, 0.05) is 10.0 Å². The van der Waals surface area contributed by atoms with Crippen molar-refractivity contribution in [3.05, 3.63) is 88.4 Å². The Kier molecular flexibility index (Phi) is 8.09. The number of carbonyl (C=O) groups excluding carboxylic acids is 1. The summed E-state index contributed by atoms with van der Waals surface area (Å²) in [5.74, 6) is 0.553. The molecule has 3 nitrogen and oxygen atoms in total. The second-order valence-electron chi connectivity index (χ2n) is 7.23. The van der Waals surface area contributed by atoms with E-state index in [4.69, 9.17) is 9.47 Å². The molecule has 0 unspecified atom stereocenters. The summed E-state index contributed by atoms with van der Waals surface area (Å²) in [4.78, 5) is 12.5. The standard InChI is InChI=1S/C26H27BrO3/c1-3-4-7-18-29-23-16-14-21(15-17-23)20-10-12-22(13-11-20)26(28)30-19(2)24-8-5-6-9-25(24)27/h5-6,8-17,19H,3-4,7,18H2,1-2H3/t19-/m1/s1. The van der Waals surface area contributed by atoms with Crippen LogP contribution in [0.5, 0.6) is 5.75 Å². The molecule has 0 aromatic heterocycles. The smallest absolute Gasteiger partial charge is 0.338 e. The Balaban J connectivity index is 1.60. The van der Waals surface area contributed by atoms with Crippen LogP contribution in [0.3, 0.4) is 0 Å². The molecule has 0 heterocycles. The molecule has 0 bridgehead atoms. The summed E-state index contributed by atoms with van der Waals surface area (Å²) >= 11 is 3.50. The van der Waals surface area contributed by atoms with Crippen molar-refractivity contribution in [3.63, 3.8) is 0 Å². The first-order chi connectivity index (χ1) is 14.6. The summed E-state index contributed by atoms with van der Waals surface area (Å²) < 4.78 is 12.3. The minimum Gasteiger partial charge on any atom is -0.494 e. The number of rotatable bonds is 9. The molecule has 0 spiro atoms. The molecule has 3 rings (SSSR count). The van der Waals surface area contributed by atoms with Crippen LogP contribution in [-0.2, 0) is 4.74 Å². The van der Waals surface area contributed by atoms with Crippen molar-refractivity contribution in [1.82, 2.24) is 0 Å². The summed E-state index contributed by atoms with van der Waals surface area (Å²) in [6.07, 6.45) is 3.12. The van der Waals surface area contributed by atoms with E-state index in [1.807, 2.05) is 67.6 Å². The Bertz CT molecular complexity index is 949. The first-order valence-electron chi connectivity index (χ1n) is 10.4. The third-order valence-corrected chi connectivity index (χ3v) is 5.67. The molecule has 0 saturated carbocycles. The van der Waals surface area contributed by atoms with Crippen LogP contribution < -0.4 is 4.74 Å². The van der Waals surface area contributed by atoms with Gasteiger partial charge in [0.1, 0.15) is 11.9 Å². The Morgan fingerprint density at radius 3 is 2.17 bits per heavy atom. The van der Waals surface area contributed by atoms with Gasteiger partial charge in [0.2, 0.25) is 0 Å². The number of hydrogen-bond donors (Lipinski definition) is 0. The van der Waals surface area contributed by atoms with Crippen LogP contribution in [0.1, 0.15) is 55.1 Å². The molecule has 0 aliphatic carbocycles. The molecular weight excluding hydrogens is 440 g/mol. The van der Waals surface area contributed by atoms with Crippen molar-refractivity contribution in [2.45, 2.75) is 39.2 Å². The lowest BCUT2D eigenvalue weighted by molar-refractivity contribution is 0.0336. The van der Waals surface area contributed by atoms with Gasteiger partial charge in [-0.15, -0.1) is 0 Å². The SMILES string of the molecule is CCCCCOc1ccc(-c2ccc(C(=O)O[C@H](C)c3ccccc3Br)cc2)cc1. The van der Waals surface area contributed by atoms with Gasteiger partial charge in [0.25, 0.3) is 0 Å². The van der Waals surface area contributed by atoms with Crippen LogP contribution in [0.4, 0.5) is 0 Å². The highest BCUT2D eigenvalue weighted by Gasteiger charge is 2.15. The zero-order chi connectivity index (χ0) is 21.3. The van der Waals surface area contributed by atoms with Crippen molar-refractivity contribution in [2.24, 2.45) is 0 Å². The van der Waals surface area contributed by atoms with Crippen LogP contribution in [0.25, 0.3) is 11.1 Å². The van der Waals surface area contributed by atoms with Crippen molar-refractivity contribution >= 4 is 21.9 Å². The zero-order valence-corrected chi connectivity index (χ0v) is 19.0. The van der Waals surface area contributed by atoms with Crippen molar-refractivity contribution in [3.8, 4) is 16.9 Å². The molecule has 0 saturated heterocycles. The van der Waals surface area contributed by atoms with Gasteiger partial charge in [-0.2, -0.15) is 0 Å². The molecule has 0 N–H and O–H groups in total. The fourth-order valence-corrected chi connectivity index (χ4v) is 3.79. The largest absolute Gasteiger partial charge is 0.494 e. The number of halogens is 1. The van der Waals surface area contributed by atoms with E-state index in [-0.39, 0.29) is 12.1 Å². The number of benzene rings is 3. The highest BCUT2D eigenvalue weighted by molar-refractivity contribution is 9.10. The van der Waals surface area contributed by atoms with Gasteiger partial charge in [-0.05, 0) is 54.8 Å². The second kappa shape index (κ2) is 11.0. The maximum Gasteiger partial charge on any atom is 0.338 e. The van der Waals surface area contributed by atoms with Gasteiger partial charge < -0.3 is 9.47 Å². The number of ether oxygens (including phenoxy) is 2. The van der Waals surface area contributed by atoms with Crippen LogP contribution in [0.15, 0.2) is 77.3 Å². The van der Waals surface area contributed by atoms with E-state index in [0.29, 0.717) is 5.56 Å². The molecule has 1 atom stereocenters. The lowest BCUT2D eigenvalue weighted by Gasteiger charge is -2.15. The Morgan fingerprint density at radius 2 is 1.53 bits per heavy atom. The third kappa shape index (κ3) is 5.96.